The molecule has 0 unspecified atom stereocenters. The van der Waals surface area contributed by atoms with Crippen LogP contribution in [0.5, 0.6) is 0 Å². The van der Waals surface area contributed by atoms with Crippen molar-refractivity contribution in [3.8, 4) is 11.3 Å². The molecule has 0 aliphatic rings. The summed E-state index contributed by atoms with van der Waals surface area (Å²) in [6.07, 6.45) is 0.460. The van der Waals surface area contributed by atoms with Gasteiger partial charge in [0.25, 0.3) is 5.56 Å². The number of hydrogen-bond donors (Lipinski definition) is 1. The van der Waals surface area contributed by atoms with Crippen LogP contribution in [0.3, 0.4) is 0 Å². The number of nitrogens with one attached hydrogen (secondary N) is 1. The molecule has 3 rings (SSSR count). The molecule has 0 radical (unpaired) electrons. The summed E-state index contributed by atoms with van der Waals surface area (Å²) in [5, 5.41) is 7.35. The lowest BCUT2D eigenvalue weighted by Crippen LogP contribution is -2.34. The molecular weight excluding hydrogens is 338 g/mol. The number of amides is 1. The van der Waals surface area contributed by atoms with Gasteiger partial charge in [-0.3, -0.25) is 9.59 Å². The van der Waals surface area contributed by atoms with Crippen molar-refractivity contribution in [3.63, 3.8) is 0 Å². The Balaban J connectivity index is 1.95. The molecule has 2 aromatic carbocycles. The zero-order valence-corrected chi connectivity index (χ0v) is 15.8. The first-order valence-electron chi connectivity index (χ1n) is 9.03. The van der Waals surface area contributed by atoms with Crippen molar-refractivity contribution in [2.24, 2.45) is 0 Å². The van der Waals surface area contributed by atoms with Gasteiger partial charge in [-0.15, -0.1) is 0 Å². The van der Waals surface area contributed by atoms with E-state index in [1.165, 1.54) is 16.3 Å². The first-order valence-corrected chi connectivity index (χ1v) is 9.03. The first-order chi connectivity index (χ1) is 13.0. The number of hydrogen-bond acceptors (Lipinski definition) is 3. The number of para-hydroxylation sites is 1. The molecule has 1 atom stereocenters. The Hall–Kier alpha value is -3.21. The molecule has 5 nitrogen and oxygen atoms in total. The van der Waals surface area contributed by atoms with Crippen LogP contribution in [-0.2, 0) is 4.79 Å². The number of aryl methyl sites for hydroxylation is 2. The topological polar surface area (TPSA) is 64.0 Å². The highest BCUT2D eigenvalue weighted by Crippen LogP contribution is 2.20. The zero-order valence-electron chi connectivity index (χ0n) is 15.8. The van der Waals surface area contributed by atoms with E-state index < -0.39 is 6.04 Å². The normalized spacial score (nSPS) is 11.8. The van der Waals surface area contributed by atoms with Gasteiger partial charge >= 0.3 is 0 Å². The second kappa shape index (κ2) is 7.99. The van der Waals surface area contributed by atoms with Crippen LogP contribution in [0.4, 0.5) is 5.69 Å². The summed E-state index contributed by atoms with van der Waals surface area (Å²) >= 11 is 0. The molecule has 1 N–H and O–H groups in total. The highest BCUT2D eigenvalue weighted by Gasteiger charge is 2.21. The van der Waals surface area contributed by atoms with Crippen LogP contribution in [0, 0.1) is 13.8 Å². The first kappa shape index (κ1) is 18.6. The fourth-order valence-corrected chi connectivity index (χ4v) is 2.92. The molecule has 0 aliphatic carbocycles. The zero-order chi connectivity index (χ0) is 19.4. The molecule has 1 heterocycles. The molecule has 0 spiro atoms. The largest absolute Gasteiger partial charge is 0.324 e. The molecule has 0 saturated heterocycles. The van der Waals surface area contributed by atoms with Gasteiger partial charge in [0.05, 0.1) is 5.69 Å². The number of anilines is 1. The molecule has 0 bridgehead atoms. The minimum Gasteiger partial charge on any atom is -0.324 e. The number of aromatic nitrogens is 2. The second-order valence-electron chi connectivity index (χ2n) is 6.58. The van der Waals surface area contributed by atoms with Gasteiger partial charge in [0, 0.05) is 17.3 Å². The molecule has 3 aromatic rings. The van der Waals surface area contributed by atoms with Gasteiger partial charge in [0.15, 0.2) is 0 Å². The van der Waals surface area contributed by atoms with Crippen LogP contribution < -0.4 is 10.9 Å². The number of carbonyl (C=O) groups is 1. The summed E-state index contributed by atoms with van der Waals surface area (Å²) in [5.41, 5.74) is 4.34. The second-order valence-corrected chi connectivity index (χ2v) is 6.58. The fourth-order valence-electron chi connectivity index (χ4n) is 2.92. The van der Waals surface area contributed by atoms with Crippen molar-refractivity contribution in [1.82, 2.24) is 9.78 Å². The SMILES string of the molecule is CC[C@@H](C(=O)Nc1ccccc1)n1nc(-c2ccc(C)c(C)c2)ccc1=O. The molecular formula is C22H23N3O2. The number of nitrogens with zero attached hydrogens (tertiary/aromatic N) is 2. The lowest BCUT2D eigenvalue weighted by Gasteiger charge is -2.17. The monoisotopic (exact) mass is 361 g/mol. The Kier molecular flexibility index (Phi) is 5.50. The molecule has 138 valence electrons. The molecule has 0 fully saturated rings. The van der Waals surface area contributed by atoms with E-state index in [1.807, 2.05) is 62.4 Å². The van der Waals surface area contributed by atoms with E-state index in [4.69, 9.17) is 0 Å². The standard InChI is InChI=1S/C22H23N3O2/c1-4-20(22(27)23-18-8-6-5-7-9-18)25-21(26)13-12-19(24-25)17-11-10-15(2)16(3)14-17/h5-14,20H,4H2,1-3H3,(H,23,27)/t20-/m0/s1. The molecule has 1 amide bonds. The summed E-state index contributed by atoms with van der Waals surface area (Å²) in [6, 6.07) is 17.7. The maximum Gasteiger partial charge on any atom is 0.267 e. The number of carbonyl (C=O) groups excluding carboxylic acids is 1. The van der Waals surface area contributed by atoms with Crippen molar-refractivity contribution in [1.29, 1.82) is 0 Å². The summed E-state index contributed by atoms with van der Waals surface area (Å²) < 4.78 is 1.28. The molecule has 5 heteroatoms. The summed E-state index contributed by atoms with van der Waals surface area (Å²) in [7, 11) is 0. The van der Waals surface area contributed by atoms with Crippen molar-refractivity contribution in [2.75, 3.05) is 5.32 Å². The van der Waals surface area contributed by atoms with Crippen LogP contribution in [0.25, 0.3) is 11.3 Å². The van der Waals surface area contributed by atoms with Crippen molar-refractivity contribution in [2.45, 2.75) is 33.2 Å². The van der Waals surface area contributed by atoms with Crippen LogP contribution in [0.2, 0.25) is 0 Å². The summed E-state index contributed by atoms with van der Waals surface area (Å²) in [5.74, 6) is -0.254. The Bertz CT molecular complexity index is 1010. The van der Waals surface area contributed by atoms with Gasteiger partial charge in [-0.1, -0.05) is 37.3 Å². The minimum absolute atomic E-state index is 0.254. The average molecular weight is 361 g/mol. The smallest absolute Gasteiger partial charge is 0.267 e. The van der Waals surface area contributed by atoms with Gasteiger partial charge in [0.1, 0.15) is 6.04 Å². The fraction of sp³-hybridized carbons (Fsp3) is 0.227. The Labute approximate surface area is 158 Å². The predicted molar refractivity (Wildman–Crippen MR) is 108 cm³/mol. The summed E-state index contributed by atoms with van der Waals surface area (Å²) in [4.78, 5) is 25.1. The Morgan fingerprint density at radius 2 is 1.78 bits per heavy atom. The quantitative estimate of drug-likeness (QED) is 0.743. The Morgan fingerprint density at radius 1 is 1.04 bits per heavy atom. The van der Waals surface area contributed by atoms with E-state index in [2.05, 4.69) is 17.3 Å². The van der Waals surface area contributed by atoms with Gasteiger partial charge < -0.3 is 5.32 Å². The van der Waals surface area contributed by atoms with Crippen LogP contribution >= 0.6 is 0 Å². The van der Waals surface area contributed by atoms with Crippen LogP contribution in [0.15, 0.2) is 65.5 Å². The average Bonchev–Trinajstić information content (AvgIpc) is 2.67. The predicted octanol–water partition coefficient (Wildman–Crippen LogP) is 4.12. The van der Waals surface area contributed by atoms with Gasteiger partial charge in [0.2, 0.25) is 5.91 Å². The van der Waals surface area contributed by atoms with E-state index >= 15 is 0 Å². The third-order valence-electron chi connectivity index (χ3n) is 4.65. The molecule has 1 aromatic heterocycles. The van der Waals surface area contributed by atoms with Crippen LogP contribution in [-0.4, -0.2) is 15.7 Å². The highest BCUT2D eigenvalue weighted by molar-refractivity contribution is 5.93. The van der Waals surface area contributed by atoms with Gasteiger partial charge in [-0.2, -0.15) is 5.10 Å². The van der Waals surface area contributed by atoms with Gasteiger partial charge in [-0.25, -0.2) is 4.68 Å². The van der Waals surface area contributed by atoms with E-state index in [-0.39, 0.29) is 11.5 Å². The maximum atomic E-state index is 12.7. The van der Waals surface area contributed by atoms with Crippen molar-refractivity contribution >= 4 is 11.6 Å². The van der Waals surface area contributed by atoms with Crippen molar-refractivity contribution < 1.29 is 4.79 Å². The third-order valence-corrected chi connectivity index (χ3v) is 4.65. The number of benzene rings is 2. The number of rotatable bonds is 5. The molecule has 0 aliphatic heterocycles. The third kappa shape index (κ3) is 4.14. The molecule has 0 saturated carbocycles. The lowest BCUT2D eigenvalue weighted by atomic mass is 10.0. The minimum atomic E-state index is -0.677. The Morgan fingerprint density at radius 3 is 2.44 bits per heavy atom. The van der Waals surface area contributed by atoms with E-state index in [0.717, 1.165) is 11.1 Å². The van der Waals surface area contributed by atoms with E-state index in [0.29, 0.717) is 17.8 Å². The van der Waals surface area contributed by atoms with Gasteiger partial charge in [-0.05, 0) is 55.7 Å². The van der Waals surface area contributed by atoms with E-state index in [1.54, 1.807) is 6.07 Å². The maximum absolute atomic E-state index is 12.7. The van der Waals surface area contributed by atoms with Crippen molar-refractivity contribution in [3.05, 3.63) is 82.1 Å². The van der Waals surface area contributed by atoms with E-state index in [9.17, 15) is 9.59 Å². The lowest BCUT2D eigenvalue weighted by molar-refractivity contribution is -0.119. The molecule has 27 heavy (non-hydrogen) atoms. The highest BCUT2D eigenvalue weighted by atomic mass is 16.2. The summed E-state index contributed by atoms with van der Waals surface area (Å²) in [6.45, 7) is 5.96. The van der Waals surface area contributed by atoms with Crippen LogP contribution in [0.1, 0.15) is 30.5 Å².